The van der Waals surface area contributed by atoms with Gasteiger partial charge in [0.1, 0.15) is 0 Å². The molecule has 2 N–H and O–H groups in total. The minimum absolute atomic E-state index is 0.139. The molecule has 3 rings (SSSR count). The number of anilines is 1. The van der Waals surface area contributed by atoms with Gasteiger partial charge < -0.3 is 10.4 Å². The number of aliphatic hydroxyl groups excluding tert-OH is 1. The molecule has 0 aromatic heterocycles. The van der Waals surface area contributed by atoms with Crippen LogP contribution in [0.3, 0.4) is 0 Å². The second-order valence-electron chi connectivity index (χ2n) is 6.16. The van der Waals surface area contributed by atoms with Crippen LogP contribution in [0, 0.1) is 5.41 Å². The normalized spacial score (nSPS) is 19.8. The summed E-state index contributed by atoms with van der Waals surface area (Å²) in [5.74, 6) is -0.139. The van der Waals surface area contributed by atoms with Gasteiger partial charge in [0, 0.05) is 11.3 Å². The average molecular weight is 281 g/mol. The summed E-state index contributed by atoms with van der Waals surface area (Å²) in [6.07, 6.45) is 0.0377. The molecule has 3 heteroatoms. The Hall–Kier alpha value is -2.13. The van der Waals surface area contributed by atoms with Gasteiger partial charge in [-0.3, -0.25) is 4.79 Å². The number of nitrogens with one attached hydrogen (secondary N) is 1. The summed E-state index contributed by atoms with van der Waals surface area (Å²) in [6, 6.07) is 16.1. The second-order valence-corrected chi connectivity index (χ2v) is 6.16. The molecule has 0 saturated carbocycles. The molecule has 1 heterocycles. The van der Waals surface area contributed by atoms with Gasteiger partial charge in [-0.15, -0.1) is 0 Å². The number of hydrogen-bond acceptors (Lipinski definition) is 2. The molecule has 0 saturated heterocycles. The molecule has 0 radical (unpaired) electrons. The van der Waals surface area contributed by atoms with E-state index in [-0.39, 0.29) is 5.91 Å². The Labute approximate surface area is 124 Å². The second kappa shape index (κ2) is 5.01. The lowest BCUT2D eigenvalue weighted by Crippen LogP contribution is -2.40. The summed E-state index contributed by atoms with van der Waals surface area (Å²) in [5, 5.41) is 13.3. The van der Waals surface area contributed by atoms with Crippen molar-refractivity contribution >= 4 is 11.6 Å². The first kappa shape index (κ1) is 13.8. The highest BCUT2D eigenvalue weighted by Crippen LogP contribution is 2.42. The van der Waals surface area contributed by atoms with Crippen LogP contribution in [0.5, 0.6) is 0 Å². The van der Waals surface area contributed by atoms with Crippen molar-refractivity contribution in [3.05, 3.63) is 65.2 Å². The Balaban J connectivity index is 1.93. The predicted octanol–water partition coefficient (Wildman–Crippen LogP) is 3.29. The van der Waals surface area contributed by atoms with E-state index in [2.05, 4.69) is 17.4 Å². The summed E-state index contributed by atoms with van der Waals surface area (Å²) < 4.78 is 0. The molecule has 3 nitrogen and oxygen atoms in total. The Morgan fingerprint density at radius 3 is 2.52 bits per heavy atom. The van der Waals surface area contributed by atoms with E-state index in [1.807, 2.05) is 36.4 Å². The average Bonchev–Trinajstić information content (AvgIpc) is 2.46. The van der Waals surface area contributed by atoms with E-state index < -0.39 is 11.5 Å². The number of carbonyl (C=O) groups is 1. The maximum Gasteiger partial charge on any atom is 0.233 e. The minimum atomic E-state index is -0.798. The van der Waals surface area contributed by atoms with Crippen LogP contribution >= 0.6 is 0 Å². The van der Waals surface area contributed by atoms with Gasteiger partial charge in [-0.2, -0.15) is 0 Å². The topological polar surface area (TPSA) is 49.3 Å². The van der Waals surface area contributed by atoms with Gasteiger partial charge in [0.25, 0.3) is 0 Å². The molecule has 0 fully saturated rings. The number of carbonyl (C=O) groups excluding carboxylic acids is 1. The van der Waals surface area contributed by atoms with Crippen molar-refractivity contribution in [3.63, 3.8) is 0 Å². The molecule has 2 aromatic carbocycles. The van der Waals surface area contributed by atoms with E-state index in [0.29, 0.717) is 0 Å². The van der Waals surface area contributed by atoms with Crippen LogP contribution in [-0.2, 0) is 11.2 Å². The van der Waals surface area contributed by atoms with E-state index in [0.717, 1.165) is 23.2 Å². The Morgan fingerprint density at radius 2 is 1.81 bits per heavy atom. The van der Waals surface area contributed by atoms with E-state index >= 15 is 0 Å². The van der Waals surface area contributed by atoms with Crippen LogP contribution in [-0.4, -0.2) is 11.0 Å². The molecule has 21 heavy (non-hydrogen) atoms. The summed E-state index contributed by atoms with van der Waals surface area (Å²) in [6.45, 7) is 3.52. The highest BCUT2D eigenvalue weighted by molar-refractivity contribution is 5.98. The molecule has 1 aliphatic heterocycles. The highest BCUT2D eigenvalue weighted by Gasteiger charge is 2.41. The lowest BCUT2D eigenvalue weighted by Gasteiger charge is -2.35. The summed E-state index contributed by atoms with van der Waals surface area (Å²) in [5.41, 5.74) is 3.05. The van der Waals surface area contributed by atoms with Gasteiger partial charge in [0.2, 0.25) is 5.91 Å². The van der Waals surface area contributed by atoms with Crippen LogP contribution in [0.1, 0.15) is 36.6 Å². The molecule has 1 atom stereocenters. The predicted molar refractivity (Wildman–Crippen MR) is 83.1 cm³/mol. The molecule has 0 spiro atoms. The third-order valence-corrected chi connectivity index (χ3v) is 4.18. The van der Waals surface area contributed by atoms with Crippen LogP contribution in [0.4, 0.5) is 5.69 Å². The lowest BCUT2D eigenvalue weighted by atomic mass is 9.78. The number of fused-ring (bicyclic) bond motifs is 1. The Bertz CT molecular complexity index is 677. The number of hydrogen-bond donors (Lipinski definition) is 2. The fourth-order valence-corrected chi connectivity index (χ4v) is 2.69. The van der Waals surface area contributed by atoms with Gasteiger partial charge in [0.05, 0.1) is 11.5 Å². The summed E-state index contributed by atoms with van der Waals surface area (Å²) >= 11 is 0. The smallest absolute Gasteiger partial charge is 0.233 e. The molecule has 1 amide bonds. The summed E-state index contributed by atoms with van der Waals surface area (Å²) in [7, 11) is 0. The van der Waals surface area contributed by atoms with Crippen LogP contribution in [0.15, 0.2) is 48.5 Å². The van der Waals surface area contributed by atoms with E-state index in [1.54, 1.807) is 13.8 Å². The first-order valence-corrected chi connectivity index (χ1v) is 7.15. The largest absolute Gasteiger partial charge is 0.387 e. The first-order chi connectivity index (χ1) is 9.98. The summed E-state index contributed by atoms with van der Waals surface area (Å²) in [4.78, 5) is 12.1. The van der Waals surface area contributed by atoms with Gasteiger partial charge in [-0.1, -0.05) is 42.5 Å². The maximum atomic E-state index is 12.1. The molecule has 1 aliphatic rings. The van der Waals surface area contributed by atoms with Crippen molar-refractivity contribution in [1.29, 1.82) is 0 Å². The monoisotopic (exact) mass is 281 g/mol. The van der Waals surface area contributed by atoms with E-state index in [4.69, 9.17) is 0 Å². The molecular formula is C18H19NO2. The highest BCUT2D eigenvalue weighted by atomic mass is 16.3. The molecule has 0 aliphatic carbocycles. The Kier molecular flexibility index (Phi) is 3.30. The van der Waals surface area contributed by atoms with Crippen LogP contribution < -0.4 is 5.32 Å². The first-order valence-electron chi connectivity index (χ1n) is 7.15. The van der Waals surface area contributed by atoms with Crippen molar-refractivity contribution in [2.24, 2.45) is 5.41 Å². The van der Waals surface area contributed by atoms with Crippen LogP contribution in [0.2, 0.25) is 0 Å². The van der Waals surface area contributed by atoms with Gasteiger partial charge in [0.15, 0.2) is 0 Å². The molecule has 0 bridgehead atoms. The molecular weight excluding hydrogens is 262 g/mol. The zero-order valence-electron chi connectivity index (χ0n) is 12.3. The van der Waals surface area contributed by atoms with Gasteiger partial charge in [-0.05, 0) is 37.5 Å². The Morgan fingerprint density at radius 1 is 1.10 bits per heavy atom. The van der Waals surface area contributed by atoms with Gasteiger partial charge in [-0.25, -0.2) is 0 Å². The zero-order valence-corrected chi connectivity index (χ0v) is 12.3. The lowest BCUT2D eigenvalue weighted by molar-refractivity contribution is -0.130. The zero-order chi connectivity index (χ0) is 15.0. The number of rotatable bonds is 2. The number of aliphatic hydroxyl groups is 1. The van der Waals surface area contributed by atoms with Crippen molar-refractivity contribution in [2.45, 2.75) is 26.4 Å². The fourth-order valence-electron chi connectivity index (χ4n) is 2.69. The molecule has 108 valence electrons. The van der Waals surface area contributed by atoms with E-state index in [1.165, 1.54) is 5.56 Å². The quantitative estimate of drug-likeness (QED) is 0.887. The van der Waals surface area contributed by atoms with Crippen LogP contribution in [0.25, 0.3) is 0 Å². The fraction of sp³-hybridized carbons (Fsp3) is 0.278. The standard InChI is InChI=1S/C18H19NO2/c1-18(2)16(20)14-9-8-13(11-15(14)19-17(18)21)10-12-6-4-3-5-7-12/h3-9,11,16,20H,10H2,1-2H3,(H,19,21)/t16-/m0/s1. The van der Waals surface area contributed by atoms with Gasteiger partial charge >= 0.3 is 0 Å². The van der Waals surface area contributed by atoms with Crippen molar-refractivity contribution in [2.75, 3.05) is 5.32 Å². The van der Waals surface area contributed by atoms with Crippen molar-refractivity contribution in [1.82, 2.24) is 0 Å². The third kappa shape index (κ3) is 2.45. The SMILES string of the molecule is CC1(C)C(=O)Nc2cc(Cc3ccccc3)ccc2[C@@H]1O. The maximum absolute atomic E-state index is 12.1. The van der Waals surface area contributed by atoms with Crippen molar-refractivity contribution < 1.29 is 9.90 Å². The molecule has 0 unspecified atom stereocenters. The number of benzene rings is 2. The number of amides is 1. The van der Waals surface area contributed by atoms with E-state index in [9.17, 15) is 9.90 Å². The molecule has 2 aromatic rings. The van der Waals surface area contributed by atoms with Crippen molar-refractivity contribution in [3.8, 4) is 0 Å². The third-order valence-electron chi connectivity index (χ3n) is 4.18. The minimum Gasteiger partial charge on any atom is -0.387 e.